The van der Waals surface area contributed by atoms with Crippen molar-refractivity contribution in [3.63, 3.8) is 0 Å². The summed E-state index contributed by atoms with van der Waals surface area (Å²) in [4.78, 5) is 4.13. The van der Waals surface area contributed by atoms with Gasteiger partial charge >= 0.3 is 0 Å². The summed E-state index contributed by atoms with van der Waals surface area (Å²) in [6.45, 7) is 0. The van der Waals surface area contributed by atoms with E-state index in [0.29, 0.717) is 11.4 Å². The second kappa shape index (κ2) is 3.08. The van der Waals surface area contributed by atoms with E-state index >= 15 is 0 Å². The van der Waals surface area contributed by atoms with Gasteiger partial charge in [0.05, 0.1) is 24.4 Å². The van der Waals surface area contributed by atoms with Crippen LogP contribution in [-0.4, -0.2) is 9.38 Å². The van der Waals surface area contributed by atoms with Crippen LogP contribution in [0.3, 0.4) is 0 Å². The van der Waals surface area contributed by atoms with Gasteiger partial charge in [-0.15, -0.1) is 0 Å². The number of rotatable bonds is 1. The average Bonchev–Trinajstić information content (AvgIpc) is 2.49. The molecule has 0 aliphatic rings. The van der Waals surface area contributed by atoms with Crippen molar-refractivity contribution in [1.29, 1.82) is 5.26 Å². The van der Waals surface area contributed by atoms with Crippen molar-refractivity contribution in [1.82, 2.24) is 9.38 Å². The van der Waals surface area contributed by atoms with E-state index in [1.165, 1.54) is 0 Å². The molecule has 13 heavy (non-hydrogen) atoms. The van der Waals surface area contributed by atoms with Gasteiger partial charge in [0.2, 0.25) is 0 Å². The number of nitrogens with zero attached hydrogens (tertiary/aromatic N) is 3. The molecule has 0 aromatic carbocycles. The molecule has 0 aliphatic heterocycles. The van der Waals surface area contributed by atoms with Crippen LogP contribution in [-0.2, 0) is 6.42 Å². The zero-order valence-electron chi connectivity index (χ0n) is 6.74. The second-order valence-corrected chi connectivity index (χ2v) is 3.09. The molecule has 2 aromatic rings. The molecular weight excluding hydrogens is 186 g/mol. The third-order valence-corrected chi connectivity index (χ3v) is 2.05. The van der Waals surface area contributed by atoms with Crippen LogP contribution in [0, 0.1) is 11.3 Å². The molecule has 3 nitrogen and oxygen atoms in total. The molecule has 0 spiro atoms. The first-order valence-electron chi connectivity index (χ1n) is 3.79. The van der Waals surface area contributed by atoms with Crippen molar-refractivity contribution < 1.29 is 0 Å². The van der Waals surface area contributed by atoms with E-state index < -0.39 is 0 Å². The number of fused-ring (bicyclic) bond motifs is 1. The Bertz CT molecular complexity index is 481. The molecule has 0 aliphatic carbocycles. The van der Waals surface area contributed by atoms with Gasteiger partial charge in [0.1, 0.15) is 5.65 Å². The van der Waals surface area contributed by atoms with E-state index in [-0.39, 0.29) is 0 Å². The Balaban J connectivity index is 2.63. The van der Waals surface area contributed by atoms with E-state index in [2.05, 4.69) is 11.1 Å². The largest absolute Gasteiger partial charge is 0.303 e. The minimum Gasteiger partial charge on any atom is -0.303 e. The van der Waals surface area contributed by atoms with Crippen molar-refractivity contribution in [2.45, 2.75) is 6.42 Å². The highest BCUT2D eigenvalue weighted by Gasteiger charge is 2.01. The van der Waals surface area contributed by atoms with Gasteiger partial charge in [-0.1, -0.05) is 11.6 Å². The Morgan fingerprint density at radius 2 is 2.46 bits per heavy atom. The molecular formula is C9H6ClN3. The SMILES string of the molecule is N#CCc1cnc2cc(Cl)ccn12. The number of imidazole rings is 1. The standard InChI is InChI=1S/C9H6ClN3/c10-7-2-4-13-8(1-3-11)6-12-9(13)5-7/h2,4-6H,1H2. The molecule has 0 N–H and O–H groups in total. The van der Waals surface area contributed by atoms with Crippen molar-refractivity contribution >= 4 is 17.2 Å². The first-order chi connectivity index (χ1) is 6.31. The number of halogens is 1. The number of hydrogen-bond donors (Lipinski definition) is 0. The van der Waals surface area contributed by atoms with Gasteiger partial charge in [-0.05, 0) is 12.1 Å². The molecule has 0 fully saturated rings. The quantitative estimate of drug-likeness (QED) is 0.692. The van der Waals surface area contributed by atoms with E-state index in [9.17, 15) is 0 Å². The van der Waals surface area contributed by atoms with Crippen LogP contribution in [0.5, 0.6) is 0 Å². The van der Waals surface area contributed by atoms with Gasteiger partial charge in [-0.2, -0.15) is 5.26 Å². The Hall–Kier alpha value is -1.53. The number of nitriles is 1. The molecule has 0 bridgehead atoms. The zero-order valence-corrected chi connectivity index (χ0v) is 7.49. The Kier molecular flexibility index (Phi) is 1.91. The zero-order chi connectivity index (χ0) is 9.26. The Morgan fingerprint density at radius 3 is 3.23 bits per heavy atom. The van der Waals surface area contributed by atoms with Gasteiger partial charge in [0.25, 0.3) is 0 Å². The number of hydrogen-bond acceptors (Lipinski definition) is 2. The highest BCUT2D eigenvalue weighted by Crippen LogP contribution is 2.13. The summed E-state index contributed by atoms with van der Waals surface area (Å²) in [7, 11) is 0. The fraction of sp³-hybridized carbons (Fsp3) is 0.111. The fourth-order valence-corrected chi connectivity index (χ4v) is 1.37. The van der Waals surface area contributed by atoms with E-state index in [1.54, 1.807) is 18.3 Å². The second-order valence-electron chi connectivity index (χ2n) is 2.66. The molecule has 2 aromatic heterocycles. The smallest absolute Gasteiger partial charge is 0.138 e. The summed E-state index contributed by atoms with van der Waals surface area (Å²) < 4.78 is 1.86. The highest BCUT2D eigenvalue weighted by atomic mass is 35.5. The summed E-state index contributed by atoms with van der Waals surface area (Å²) in [5.41, 5.74) is 1.66. The van der Waals surface area contributed by atoms with Crippen LogP contribution in [0.1, 0.15) is 5.69 Å². The van der Waals surface area contributed by atoms with Gasteiger partial charge in [0, 0.05) is 11.2 Å². The van der Waals surface area contributed by atoms with Crippen LogP contribution in [0.2, 0.25) is 5.02 Å². The first kappa shape index (κ1) is 8.09. The molecule has 64 valence electrons. The maximum atomic E-state index is 8.53. The normalized spacial score (nSPS) is 10.2. The third kappa shape index (κ3) is 1.36. The third-order valence-electron chi connectivity index (χ3n) is 1.81. The van der Waals surface area contributed by atoms with Crippen LogP contribution in [0.4, 0.5) is 0 Å². The average molecular weight is 192 g/mol. The summed E-state index contributed by atoms with van der Waals surface area (Å²) in [6, 6.07) is 5.62. The topological polar surface area (TPSA) is 41.1 Å². The molecule has 0 amide bonds. The molecule has 0 radical (unpaired) electrons. The summed E-state index contributed by atoms with van der Waals surface area (Å²) in [5.74, 6) is 0. The van der Waals surface area contributed by atoms with Crippen molar-refractivity contribution in [2.75, 3.05) is 0 Å². The van der Waals surface area contributed by atoms with E-state index in [1.807, 2.05) is 10.6 Å². The maximum Gasteiger partial charge on any atom is 0.138 e. The number of pyridine rings is 1. The summed E-state index contributed by atoms with van der Waals surface area (Å²) in [5, 5.41) is 9.19. The highest BCUT2D eigenvalue weighted by molar-refractivity contribution is 6.30. The van der Waals surface area contributed by atoms with Gasteiger partial charge in [-0.3, -0.25) is 0 Å². The predicted molar refractivity (Wildman–Crippen MR) is 49.5 cm³/mol. The van der Waals surface area contributed by atoms with Crippen molar-refractivity contribution in [3.05, 3.63) is 35.2 Å². The molecule has 2 heterocycles. The Morgan fingerprint density at radius 1 is 1.62 bits per heavy atom. The van der Waals surface area contributed by atoms with E-state index in [0.717, 1.165) is 11.3 Å². The molecule has 0 saturated heterocycles. The van der Waals surface area contributed by atoms with Gasteiger partial charge < -0.3 is 4.40 Å². The predicted octanol–water partition coefficient (Wildman–Crippen LogP) is 2.05. The number of aromatic nitrogens is 2. The Labute approximate surface area is 80.2 Å². The minimum atomic E-state index is 0.364. The lowest BCUT2D eigenvalue weighted by Crippen LogP contribution is -1.90. The lowest BCUT2D eigenvalue weighted by Gasteiger charge is -1.96. The van der Waals surface area contributed by atoms with Crippen LogP contribution < -0.4 is 0 Å². The van der Waals surface area contributed by atoms with Gasteiger partial charge in [0.15, 0.2) is 0 Å². The molecule has 0 saturated carbocycles. The minimum absolute atomic E-state index is 0.364. The molecule has 0 unspecified atom stereocenters. The van der Waals surface area contributed by atoms with E-state index in [4.69, 9.17) is 16.9 Å². The monoisotopic (exact) mass is 191 g/mol. The fourth-order valence-electron chi connectivity index (χ4n) is 1.22. The lowest BCUT2D eigenvalue weighted by atomic mass is 10.3. The molecule has 2 rings (SSSR count). The van der Waals surface area contributed by atoms with Crippen molar-refractivity contribution in [3.8, 4) is 6.07 Å². The van der Waals surface area contributed by atoms with Crippen LogP contribution >= 0.6 is 11.6 Å². The first-order valence-corrected chi connectivity index (χ1v) is 4.17. The van der Waals surface area contributed by atoms with Crippen molar-refractivity contribution in [2.24, 2.45) is 0 Å². The lowest BCUT2D eigenvalue weighted by molar-refractivity contribution is 1.05. The van der Waals surface area contributed by atoms with Gasteiger partial charge in [-0.25, -0.2) is 4.98 Å². The summed E-state index contributed by atoms with van der Waals surface area (Å²) in [6.07, 6.45) is 3.87. The van der Waals surface area contributed by atoms with Crippen LogP contribution in [0.15, 0.2) is 24.5 Å². The maximum absolute atomic E-state index is 8.53. The molecule has 0 atom stereocenters. The summed E-state index contributed by atoms with van der Waals surface area (Å²) >= 11 is 5.79. The van der Waals surface area contributed by atoms with Crippen LogP contribution in [0.25, 0.3) is 5.65 Å². The molecule has 4 heteroatoms.